The summed E-state index contributed by atoms with van der Waals surface area (Å²) in [6.07, 6.45) is 81.6. The lowest BCUT2D eigenvalue weighted by molar-refractivity contribution is -0.167. The molecule has 0 fully saturated rings. The van der Waals surface area contributed by atoms with Gasteiger partial charge in [0.15, 0.2) is 6.10 Å². The average Bonchev–Trinajstić information content (AvgIpc) is 3.37. The van der Waals surface area contributed by atoms with Gasteiger partial charge in [-0.15, -0.1) is 0 Å². The lowest BCUT2D eigenvalue weighted by Gasteiger charge is -2.18. The van der Waals surface area contributed by atoms with Crippen molar-refractivity contribution in [3.05, 3.63) is 134 Å². The topological polar surface area (TPSA) is 78.9 Å². The highest BCUT2D eigenvalue weighted by Crippen LogP contribution is 2.15. The van der Waals surface area contributed by atoms with Gasteiger partial charge in [-0.05, 0) is 109 Å². The number of allylic oxidation sites excluding steroid dienone is 22. The van der Waals surface area contributed by atoms with Gasteiger partial charge in [-0.3, -0.25) is 14.4 Å². The molecule has 0 aromatic rings. The van der Waals surface area contributed by atoms with Crippen LogP contribution < -0.4 is 0 Å². The molecule has 0 saturated heterocycles. The third-order valence-electron chi connectivity index (χ3n) is 11.7. The third kappa shape index (κ3) is 56.3. The molecule has 0 rings (SSSR count). The van der Waals surface area contributed by atoms with E-state index in [9.17, 15) is 14.4 Å². The van der Waals surface area contributed by atoms with Crippen molar-refractivity contribution in [2.45, 2.75) is 245 Å². The molecule has 0 aromatic carbocycles. The van der Waals surface area contributed by atoms with Gasteiger partial charge in [0.05, 0.1) is 0 Å². The van der Waals surface area contributed by atoms with Crippen molar-refractivity contribution < 1.29 is 28.6 Å². The Hall–Kier alpha value is -4.45. The van der Waals surface area contributed by atoms with Crippen LogP contribution in [0.5, 0.6) is 0 Å². The maximum Gasteiger partial charge on any atom is 0.306 e. The second-order valence-electron chi connectivity index (χ2n) is 18.4. The van der Waals surface area contributed by atoms with Crippen LogP contribution in [0.25, 0.3) is 0 Å². The second kappa shape index (κ2) is 58.1. The van der Waals surface area contributed by atoms with Gasteiger partial charge in [0.1, 0.15) is 13.2 Å². The second-order valence-corrected chi connectivity index (χ2v) is 18.4. The van der Waals surface area contributed by atoms with Gasteiger partial charge >= 0.3 is 17.9 Å². The van der Waals surface area contributed by atoms with Crippen LogP contribution in [0.3, 0.4) is 0 Å². The molecule has 0 aliphatic carbocycles. The van der Waals surface area contributed by atoms with E-state index in [0.29, 0.717) is 19.3 Å². The van der Waals surface area contributed by atoms with Crippen molar-refractivity contribution >= 4 is 17.9 Å². The highest BCUT2D eigenvalue weighted by Gasteiger charge is 2.19. The number of carbonyl (C=O) groups excluding carboxylic acids is 3. The number of carbonyl (C=O) groups is 3. The quantitative estimate of drug-likeness (QED) is 0.0262. The summed E-state index contributed by atoms with van der Waals surface area (Å²) in [5.41, 5.74) is 0. The largest absolute Gasteiger partial charge is 0.462 e. The first-order chi connectivity index (χ1) is 35.0. The summed E-state index contributed by atoms with van der Waals surface area (Å²) in [7, 11) is 0. The summed E-state index contributed by atoms with van der Waals surface area (Å²) < 4.78 is 16.8. The Labute approximate surface area is 436 Å². The van der Waals surface area contributed by atoms with E-state index in [1.165, 1.54) is 77.0 Å². The molecule has 0 aromatic heterocycles. The van der Waals surface area contributed by atoms with Gasteiger partial charge < -0.3 is 14.2 Å². The van der Waals surface area contributed by atoms with Crippen LogP contribution in [0.15, 0.2) is 134 Å². The molecule has 0 N–H and O–H groups in total. The zero-order chi connectivity index (χ0) is 51.4. The first kappa shape index (κ1) is 66.6. The van der Waals surface area contributed by atoms with E-state index in [2.05, 4.69) is 154 Å². The fourth-order valence-corrected chi connectivity index (χ4v) is 7.42. The standard InChI is InChI=1S/C65H104O6/c1-4-7-10-13-16-19-22-25-28-29-30-31-32-33-34-35-38-40-43-46-49-52-55-58-64(67)70-61-62(71-65(68)59-56-53-50-47-44-41-37-27-24-21-18-15-12-9-6-3)60-69-63(66)57-54-51-48-45-42-39-36-26-23-20-17-14-11-8-5-2/h7,9-10,12,16,18-19,21,25,27-28,30-31,33-34,37-38,40,44,46-47,49,62H,4-6,8,11,13-15,17,20,22-24,26,29,32,35-36,39,41-43,45,48,50-61H2,1-3H3/b10-7-,12-9-,19-16-,21-18-,28-25-,31-30-,34-33-,37-27-,40-38-,47-44-,49-46-. The van der Waals surface area contributed by atoms with Crippen molar-refractivity contribution in [1.82, 2.24) is 0 Å². The minimum atomic E-state index is -0.827. The van der Waals surface area contributed by atoms with E-state index >= 15 is 0 Å². The molecule has 0 bridgehead atoms. The Balaban J connectivity index is 4.53. The van der Waals surface area contributed by atoms with Gasteiger partial charge in [-0.25, -0.2) is 0 Å². The summed E-state index contributed by atoms with van der Waals surface area (Å²) in [4.78, 5) is 38.1. The fraction of sp³-hybridized carbons (Fsp3) is 0.615. The SMILES string of the molecule is CC/C=C\C/C=C\C/C=C\C/C=C\C/C=C\C/C=C\C/C=C\CCCC(=O)OCC(COC(=O)CCCCCCCCCCCCCCCCC)OC(=O)CCCC/C=C\C/C=C\C/C=C\C/C=C\CC. The van der Waals surface area contributed by atoms with E-state index in [1.54, 1.807) is 0 Å². The van der Waals surface area contributed by atoms with E-state index in [-0.39, 0.29) is 44.0 Å². The first-order valence-electron chi connectivity index (χ1n) is 28.7. The Bertz CT molecular complexity index is 1550. The smallest absolute Gasteiger partial charge is 0.306 e. The molecule has 0 heterocycles. The summed E-state index contributed by atoms with van der Waals surface area (Å²) in [6, 6.07) is 0. The summed E-state index contributed by atoms with van der Waals surface area (Å²) >= 11 is 0. The van der Waals surface area contributed by atoms with Crippen LogP contribution in [0.2, 0.25) is 0 Å². The summed E-state index contributed by atoms with van der Waals surface area (Å²) in [5, 5.41) is 0. The summed E-state index contributed by atoms with van der Waals surface area (Å²) in [6.45, 7) is 6.32. The third-order valence-corrected chi connectivity index (χ3v) is 11.7. The zero-order valence-electron chi connectivity index (χ0n) is 45.7. The molecule has 6 nitrogen and oxygen atoms in total. The number of esters is 3. The van der Waals surface area contributed by atoms with Crippen LogP contribution in [-0.2, 0) is 28.6 Å². The highest BCUT2D eigenvalue weighted by atomic mass is 16.6. The molecule has 0 saturated carbocycles. The molecular weight excluding hydrogens is 877 g/mol. The number of rotatable bonds is 50. The Morgan fingerprint density at radius 1 is 0.296 bits per heavy atom. The highest BCUT2D eigenvalue weighted by molar-refractivity contribution is 5.71. The molecule has 1 atom stereocenters. The van der Waals surface area contributed by atoms with Crippen LogP contribution >= 0.6 is 0 Å². The van der Waals surface area contributed by atoms with Gasteiger partial charge in [-0.2, -0.15) is 0 Å². The van der Waals surface area contributed by atoms with Crippen LogP contribution in [0, 0.1) is 0 Å². The van der Waals surface area contributed by atoms with E-state index < -0.39 is 6.10 Å². The molecular formula is C65H104O6. The zero-order valence-corrected chi connectivity index (χ0v) is 45.7. The van der Waals surface area contributed by atoms with Crippen molar-refractivity contribution in [3.63, 3.8) is 0 Å². The Kier molecular flexibility index (Phi) is 54.5. The van der Waals surface area contributed by atoms with Crippen molar-refractivity contribution in [3.8, 4) is 0 Å². The van der Waals surface area contributed by atoms with E-state index in [1.807, 2.05) is 0 Å². The van der Waals surface area contributed by atoms with Crippen molar-refractivity contribution in [1.29, 1.82) is 0 Å². The van der Waals surface area contributed by atoms with Crippen LogP contribution in [0.1, 0.15) is 239 Å². The molecule has 0 amide bonds. The molecule has 400 valence electrons. The number of hydrogen-bond acceptors (Lipinski definition) is 6. The predicted octanol–water partition coefficient (Wildman–Crippen LogP) is 19.4. The molecule has 71 heavy (non-hydrogen) atoms. The fourth-order valence-electron chi connectivity index (χ4n) is 7.42. The molecule has 0 spiro atoms. The maximum absolute atomic E-state index is 12.8. The lowest BCUT2D eigenvalue weighted by atomic mass is 10.0. The predicted molar refractivity (Wildman–Crippen MR) is 306 cm³/mol. The lowest BCUT2D eigenvalue weighted by Crippen LogP contribution is -2.30. The van der Waals surface area contributed by atoms with Gasteiger partial charge in [0, 0.05) is 19.3 Å². The minimum Gasteiger partial charge on any atom is -0.462 e. The molecule has 1 unspecified atom stereocenters. The number of unbranched alkanes of at least 4 members (excludes halogenated alkanes) is 17. The molecule has 0 aliphatic rings. The first-order valence-corrected chi connectivity index (χ1v) is 28.7. The number of ether oxygens (including phenoxy) is 3. The Morgan fingerprint density at radius 2 is 0.563 bits per heavy atom. The maximum atomic E-state index is 12.8. The average molecular weight is 982 g/mol. The normalized spacial score (nSPS) is 13.1. The monoisotopic (exact) mass is 981 g/mol. The van der Waals surface area contributed by atoms with Gasteiger partial charge in [0.25, 0.3) is 0 Å². The molecule has 6 heteroatoms. The van der Waals surface area contributed by atoms with Gasteiger partial charge in [-0.1, -0.05) is 244 Å². The Morgan fingerprint density at radius 3 is 0.915 bits per heavy atom. The number of hydrogen-bond donors (Lipinski definition) is 0. The van der Waals surface area contributed by atoms with Crippen LogP contribution in [-0.4, -0.2) is 37.2 Å². The van der Waals surface area contributed by atoms with E-state index in [0.717, 1.165) is 109 Å². The summed E-state index contributed by atoms with van der Waals surface area (Å²) in [5.74, 6) is -1.02. The molecule has 0 aliphatic heterocycles. The minimum absolute atomic E-state index is 0.115. The van der Waals surface area contributed by atoms with Crippen LogP contribution in [0.4, 0.5) is 0 Å². The van der Waals surface area contributed by atoms with E-state index in [4.69, 9.17) is 14.2 Å². The molecule has 0 radical (unpaired) electrons. The van der Waals surface area contributed by atoms with Crippen molar-refractivity contribution in [2.75, 3.05) is 13.2 Å². The van der Waals surface area contributed by atoms with Crippen molar-refractivity contribution in [2.24, 2.45) is 0 Å². The van der Waals surface area contributed by atoms with Gasteiger partial charge in [0.2, 0.25) is 0 Å².